The van der Waals surface area contributed by atoms with Crippen LogP contribution in [0.1, 0.15) is 5.56 Å². The summed E-state index contributed by atoms with van der Waals surface area (Å²) in [7, 11) is 0. The Morgan fingerprint density at radius 3 is 2.56 bits per heavy atom. The summed E-state index contributed by atoms with van der Waals surface area (Å²) in [5, 5.41) is 9.44. The van der Waals surface area contributed by atoms with E-state index in [1.165, 1.54) is 0 Å². The van der Waals surface area contributed by atoms with Crippen LogP contribution in [0.3, 0.4) is 0 Å². The van der Waals surface area contributed by atoms with E-state index in [1.807, 2.05) is 18.2 Å². The van der Waals surface area contributed by atoms with Gasteiger partial charge >= 0.3 is 0 Å². The molecule has 2 aromatic carbocycles. The lowest BCUT2D eigenvalue weighted by atomic mass is 10.2. The van der Waals surface area contributed by atoms with Crippen molar-refractivity contribution in [3.8, 4) is 17.6 Å². The Labute approximate surface area is 126 Å². The van der Waals surface area contributed by atoms with Gasteiger partial charge in [0.2, 0.25) is 0 Å². The lowest BCUT2D eigenvalue weighted by Crippen LogP contribution is -1.90. The minimum atomic E-state index is 0.328. The second kappa shape index (κ2) is 5.75. The minimum absolute atomic E-state index is 0.328. The molecule has 0 fully saturated rings. The van der Waals surface area contributed by atoms with Crippen LogP contribution in [0.15, 0.2) is 45.3 Å². The van der Waals surface area contributed by atoms with Gasteiger partial charge in [0.25, 0.3) is 0 Å². The molecule has 5 heteroatoms. The van der Waals surface area contributed by atoms with Gasteiger partial charge in [0.15, 0.2) is 0 Å². The highest BCUT2D eigenvalue weighted by Gasteiger charge is 2.10. The van der Waals surface area contributed by atoms with Gasteiger partial charge in [0.05, 0.1) is 9.50 Å². The number of halogens is 3. The number of nitriles is 1. The summed E-state index contributed by atoms with van der Waals surface area (Å²) >= 11 is 12.7. The Hall–Kier alpha value is -1.02. The summed E-state index contributed by atoms with van der Waals surface area (Å²) in [6.07, 6.45) is 0. The first-order chi connectivity index (χ1) is 8.61. The van der Waals surface area contributed by atoms with Crippen LogP contribution in [0.5, 0.6) is 11.5 Å². The molecule has 90 valence electrons. The Morgan fingerprint density at radius 2 is 1.89 bits per heavy atom. The van der Waals surface area contributed by atoms with E-state index in [0.717, 1.165) is 8.95 Å². The smallest absolute Gasteiger partial charge is 0.146 e. The van der Waals surface area contributed by atoms with E-state index in [4.69, 9.17) is 21.6 Å². The predicted octanol–water partition coefficient (Wildman–Crippen LogP) is 5.53. The van der Waals surface area contributed by atoms with Crippen LogP contribution in [0.2, 0.25) is 5.02 Å². The Balaban J connectivity index is 2.41. The summed E-state index contributed by atoms with van der Waals surface area (Å²) in [6, 6.07) is 12.7. The third-order valence-electron chi connectivity index (χ3n) is 2.20. The monoisotopic (exact) mass is 385 g/mol. The van der Waals surface area contributed by atoms with Crippen molar-refractivity contribution >= 4 is 43.5 Å². The SMILES string of the molecule is N#Cc1c(Cl)cccc1Oc1ccc(Br)cc1Br. The van der Waals surface area contributed by atoms with Crippen LogP contribution < -0.4 is 4.74 Å². The molecule has 0 heterocycles. The van der Waals surface area contributed by atoms with Crippen LogP contribution in [0.25, 0.3) is 0 Å². The maximum atomic E-state index is 9.06. The van der Waals surface area contributed by atoms with Crippen LogP contribution in [0, 0.1) is 11.3 Å². The van der Waals surface area contributed by atoms with E-state index in [0.29, 0.717) is 22.1 Å². The Morgan fingerprint density at radius 1 is 1.11 bits per heavy atom. The average Bonchev–Trinajstić information content (AvgIpc) is 2.33. The molecular weight excluding hydrogens is 381 g/mol. The first-order valence-corrected chi connectivity index (χ1v) is 6.89. The fourth-order valence-corrected chi connectivity index (χ4v) is 2.71. The highest BCUT2D eigenvalue weighted by atomic mass is 79.9. The fraction of sp³-hybridized carbons (Fsp3) is 0. The minimum Gasteiger partial charge on any atom is -0.455 e. The van der Waals surface area contributed by atoms with Gasteiger partial charge < -0.3 is 4.74 Å². The molecule has 18 heavy (non-hydrogen) atoms. The molecule has 2 nitrogen and oxygen atoms in total. The quantitative estimate of drug-likeness (QED) is 0.679. The van der Waals surface area contributed by atoms with E-state index in [9.17, 15) is 0 Å². The van der Waals surface area contributed by atoms with Crippen molar-refractivity contribution in [2.24, 2.45) is 0 Å². The van der Waals surface area contributed by atoms with Crippen molar-refractivity contribution in [3.63, 3.8) is 0 Å². The molecule has 0 amide bonds. The van der Waals surface area contributed by atoms with E-state index >= 15 is 0 Å². The van der Waals surface area contributed by atoms with Crippen molar-refractivity contribution in [2.45, 2.75) is 0 Å². The molecule has 0 N–H and O–H groups in total. The largest absolute Gasteiger partial charge is 0.455 e. The van der Waals surface area contributed by atoms with E-state index < -0.39 is 0 Å². The lowest BCUT2D eigenvalue weighted by Gasteiger charge is -2.10. The van der Waals surface area contributed by atoms with Crippen molar-refractivity contribution in [1.82, 2.24) is 0 Å². The topological polar surface area (TPSA) is 33.0 Å². The highest BCUT2D eigenvalue weighted by Crippen LogP contribution is 2.35. The van der Waals surface area contributed by atoms with Gasteiger partial charge in [-0.25, -0.2) is 0 Å². The summed E-state index contributed by atoms with van der Waals surface area (Å²) in [5.41, 5.74) is 0.328. The number of hydrogen-bond acceptors (Lipinski definition) is 2. The van der Waals surface area contributed by atoms with Gasteiger partial charge in [0.1, 0.15) is 23.1 Å². The van der Waals surface area contributed by atoms with Crippen molar-refractivity contribution in [3.05, 3.63) is 55.9 Å². The number of ether oxygens (including phenoxy) is 1. The molecule has 0 aliphatic rings. The van der Waals surface area contributed by atoms with E-state index in [2.05, 4.69) is 31.9 Å². The van der Waals surface area contributed by atoms with E-state index in [1.54, 1.807) is 24.3 Å². The van der Waals surface area contributed by atoms with Crippen LogP contribution in [0.4, 0.5) is 0 Å². The van der Waals surface area contributed by atoms with Crippen molar-refractivity contribution in [1.29, 1.82) is 5.26 Å². The third-order valence-corrected chi connectivity index (χ3v) is 3.63. The van der Waals surface area contributed by atoms with Crippen LogP contribution in [-0.4, -0.2) is 0 Å². The first-order valence-electron chi connectivity index (χ1n) is 4.93. The van der Waals surface area contributed by atoms with Gasteiger partial charge in [-0.05, 0) is 46.3 Å². The fourth-order valence-electron chi connectivity index (χ4n) is 1.37. The normalized spacial score (nSPS) is 9.89. The predicted molar refractivity (Wildman–Crippen MR) is 78.1 cm³/mol. The van der Waals surface area contributed by atoms with Gasteiger partial charge in [-0.2, -0.15) is 5.26 Å². The van der Waals surface area contributed by atoms with Gasteiger partial charge in [-0.3, -0.25) is 0 Å². The zero-order valence-corrected chi connectivity index (χ0v) is 12.9. The summed E-state index contributed by atoms with van der Waals surface area (Å²) in [6.45, 7) is 0. The molecule has 0 atom stereocenters. The Bertz CT molecular complexity index is 637. The van der Waals surface area contributed by atoms with E-state index in [-0.39, 0.29) is 0 Å². The molecule has 0 saturated carbocycles. The highest BCUT2D eigenvalue weighted by molar-refractivity contribution is 9.11. The molecule has 2 rings (SSSR count). The Kier molecular flexibility index (Phi) is 4.28. The van der Waals surface area contributed by atoms with Crippen molar-refractivity contribution in [2.75, 3.05) is 0 Å². The second-order valence-electron chi connectivity index (χ2n) is 3.40. The zero-order chi connectivity index (χ0) is 13.1. The molecule has 0 bridgehead atoms. The third kappa shape index (κ3) is 2.86. The molecule has 0 aliphatic carbocycles. The summed E-state index contributed by atoms with van der Waals surface area (Å²) in [5.74, 6) is 1.06. The molecule has 2 aromatic rings. The average molecular weight is 387 g/mol. The summed E-state index contributed by atoms with van der Waals surface area (Å²) in [4.78, 5) is 0. The maximum absolute atomic E-state index is 9.06. The zero-order valence-electron chi connectivity index (χ0n) is 8.95. The molecular formula is C13H6Br2ClNO. The van der Waals surface area contributed by atoms with Crippen molar-refractivity contribution < 1.29 is 4.74 Å². The lowest BCUT2D eigenvalue weighted by molar-refractivity contribution is 0.478. The number of nitrogens with zero attached hydrogens (tertiary/aromatic N) is 1. The molecule has 0 saturated heterocycles. The number of hydrogen-bond donors (Lipinski definition) is 0. The maximum Gasteiger partial charge on any atom is 0.146 e. The van der Waals surface area contributed by atoms with Crippen LogP contribution >= 0.6 is 43.5 Å². The van der Waals surface area contributed by atoms with Gasteiger partial charge in [-0.15, -0.1) is 0 Å². The van der Waals surface area contributed by atoms with Gasteiger partial charge in [-0.1, -0.05) is 33.6 Å². The number of benzene rings is 2. The molecule has 0 radical (unpaired) electrons. The molecule has 0 spiro atoms. The van der Waals surface area contributed by atoms with Gasteiger partial charge in [0, 0.05) is 4.47 Å². The molecule has 0 unspecified atom stereocenters. The molecule has 0 aliphatic heterocycles. The second-order valence-corrected chi connectivity index (χ2v) is 5.58. The molecule has 0 aromatic heterocycles. The number of rotatable bonds is 2. The summed E-state index contributed by atoms with van der Waals surface area (Å²) < 4.78 is 7.42. The van der Waals surface area contributed by atoms with Crippen LogP contribution in [-0.2, 0) is 0 Å². The standard InChI is InChI=1S/C13H6Br2ClNO/c14-8-4-5-13(10(15)6-8)18-12-3-1-2-11(16)9(12)7-17/h1-6H. The first kappa shape index (κ1) is 13.4.